The highest BCUT2D eigenvalue weighted by molar-refractivity contribution is 6.15. The van der Waals surface area contributed by atoms with Crippen LogP contribution in [0, 0.1) is 0 Å². The van der Waals surface area contributed by atoms with Crippen LogP contribution in [0.2, 0.25) is 0 Å². The van der Waals surface area contributed by atoms with E-state index in [1.54, 1.807) is 7.11 Å². The van der Waals surface area contributed by atoms with Gasteiger partial charge in [-0.15, -0.1) is 0 Å². The van der Waals surface area contributed by atoms with Gasteiger partial charge in [-0.2, -0.15) is 0 Å². The number of nitrogens with zero attached hydrogens (tertiary/aromatic N) is 1. The number of rotatable bonds is 6. The number of fused-ring (bicyclic) bond motifs is 3. The lowest BCUT2D eigenvalue weighted by Gasteiger charge is -2.29. The van der Waals surface area contributed by atoms with Gasteiger partial charge in [0.15, 0.2) is 5.76 Å². The molecule has 3 aromatic carbocycles. The lowest BCUT2D eigenvalue weighted by molar-refractivity contribution is 0.0949. The third-order valence-corrected chi connectivity index (χ3v) is 6.24. The molecular formula is C28H27NO4. The number of hydrogen-bond donors (Lipinski definition) is 0. The van der Waals surface area contributed by atoms with Gasteiger partial charge >= 0.3 is 0 Å². The first-order valence-electron chi connectivity index (χ1n) is 11.3. The molecule has 3 aromatic rings. The number of allylic oxidation sites excluding steroid dienone is 1. The zero-order chi connectivity index (χ0) is 22.8. The third-order valence-electron chi connectivity index (χ3n) is 6.24. The number of ether oxygens (including phenoxy) is 3. The fourth-order valence-corrected chi connectivity index (χ4v) is 4.23. The lowest BCUT2D eigenvalue weighted by Crippen LogP contribution is -2.33. The highest BCUT2D eigenvalue weighted by atomic mass is 16.5. The number of hydrogen-bond acceptors (Lipinski definition) is 5. The highest BCUT2D eigenvalue weighted by Crippen LogP contribution is 2.42. The highest BCUT2D eigenvalue weighted by Gasteiger charge is 2.33. The molecule has 5 rings (SSSR count). The summed E-state index contributed by atoms with van der Waals surface area (Å²) in [5.74, 6) is 2.55. The van der Waals surface area contributed by atoms with Gasteiger partial charge in [-0.3, -0.25) is 9.69 Å². The minimum Gasteiger partial charge on any atom is -0.497 e. The van der Waals surface area contributed by atoms with E-state index in [9.17, 15) is 4.79 Å². The molecule has 0 aromatic heterocycles. The normalized spacial score (nSPS) is 16.2. The fourth-order valence-electron chi connectivity index (χ4n) is 4.23. The molecular weight excluding hydrogens is 414 g/mol. The summed E-state index contributed by atoms with van der Waals surface area (Å²) in [4.78, 5) is 15.2. The molecule has 0 spiro atoms. The van der Waals surface area contributed by atoms with Crippen molar-refractivity contribution in [3.8, 4) is 17.2 Å². The molecule has 0 saturated carbocycles. The minimum atomic E-state index is -0.0808. The Morgan fingerprint density at radius 2 is 1.76 bits per heavy atom. The zero-order valence-electron chi connectivity index (χ0n) is 19.0. The van der Waals surface area contributed by atoms with E-state index in [0.29, 0.717) is 30.3 Å². The van der Waals surface area contributed by atoms with Crippen LogP contribution in [0.3, 0.4) is 0 Å². The Labute approximate surface area is 194 Å². The maximum atomic E-state index is 13.0. The molecule has 33 heavy (non-hydrogen) atoms. The molecule has 0 N–H and O–H groups in total. The zero-order valence-corrected chi connectivity index (χ0v) is 19.0. The van der Waals surface area contributed by atoms with E-state index in [1.165, 1.54) is 11.1 Å². The second-order valence-corrected chi connectivity index (χ2v) is 8.38. The van der Waals surface area contributed by atoms with Crippen molar-refractivity contribution in [2.24, 2.45) is 0 Å². The van der Waals surface area contributed by atoms with Crippen LogP contribution in [0.25, 0.3) is 6.08 Å². The van der Waals surface area contributed by atoms with E-state index in [4.69, 9.17) is 14.2 Å². The first-order chi connectivity index (χ1) is 16.1. The monoisotopic (exact) mass is 441 g/mol. The molecule has 168 valence electrons. The van der Waals surface area contributed by atoms with Crippen LogP contribution >= 0.6 is 0 Å². The molecule has 0 amide bonds. The van der Waals surface area contributed by atoms with E-state index in [0.717, 1.165) is 42.0 Å². The molecule has 5 nitrogen and oxygen atoms in total. The first kappa shape index (κ1) is 21.3. The summed E-state index contributed by atoms with van der Waals surface area (Å²) in [6.45, 7) is 4.16. The molecule has 0 atom stereocenters. The first-order valence-corrected chi connectivity index (χ1v) is 11.3. The standard InChI is InChI=1S/C28H27NO4/c1-3-19-4-6-21(7-5-19)16-26-27(30)23-12-13-25-24(28(23)33-26)17-29(18-32-25)15-14-20-8-10-22(31-2)11-9-20/h4-13,16H,3,14-15,17-18H2,1-2H3/b26-16-. The number of methoxy groups -OCH3 is 1. The quantitative estimate of drug-likeness (QED) is 0.488. The number of ketones is 1. The van der Waals surface area contributed by atoms with E-state index >= 15 is 0 Å². The van der Waals surface area contributed by atoms with Crippen LogP contribution in [0.4, 0.5) is 0 Å². The summed E-state index contributed by atoms with van der Waals surface area (Å²) < 4.78 is 17.3. The Balaban J connectivity index is 1.32. The maximum absolute atomic E-state index is 13.0. The lowest BCUT2D eigenvalue weighted by atomic mass is 10.0. The van der Waals surface area contributed by atoms with Crippen molar-refractivity contribution in [2.75, 3.05) is 20.4 Å². The van der Waals surface area contributed by atoms with E-state index in [1.807, 2.05) is 42.5 Å². The van der Waals surface area contributed by atoms with Gasteiger partial charge in [0, 0.05) is 13.1 Å². The van der Waals surface area contributed by atoms with Gasteiger partial charge in [0.05, 0.1) is 18.2 Å². The molecule has 0 bridgehead atoms. The number of carbonyl (C=O) groups is 1. The predicted octanol–water partition coefficient (Wildman–Crippen LogP) is 5.27. The Morgan fingerprint density at radius 3 is 2.48 bits per heavy atom. The van der Waals surface area contributed by atoms with Gasteiger partial charge < -0.3 is 14.2 Å². The largest absolute Gasteiger partial charge is 0.497 e. The molecule has 2 aliphatic rings. The number of benzene rings is 3. The minimum absolute atomic E-state index is 0.0808. The smallest absolute Gasteiger partial charge is 0.231 e. The van der Waals surface area contributed by atoms with Gasteiger partial charge in [0.25, 0.3) is 0 Å². The van der Waals surface area contributed by atoms with E-state index in [2.05, 4.69) is 36.1 Å². The van der Waals surface area contributed by atoms with Gasteiger partial charge in [-0.05, 0) is 59.9 Å². The molecule has 0 unspecified atom stereocenters. The van der Waals surface area contributed by atoms with Gasteiger partial charge in [0.1, 0.15) is 24.0 Å². The van der Waals surface area contributed by atoms with Crippen LogP contribution in [0.1, 0.15) is 39.5 Å². The molecule has 0 saturated heterocycles. The second-order valence-electron chi connectivity index (χ2n) is 8.38. The third kappa shape index (κ3) is 4.37. The van der Waals surface area contributed by atoms with Crippen molar-refractivity contribution in [1.82, 2.24) is 4.90 Å². The van der Waals surface area contributed by atoms with Crippen molar-refractivity contribution in [1.29, 1.82) is 0 Å². The van der Waals surface area contributed by atoms with Crippen molar-refractivity contribution in [3.05, 3.63) is 94.2 Å². The molecule has 2 heterocycles. The molecule has 2 aliphatic heterocycles. The average Bonchev–Trinajstić information content (AvgIpc) is 3.19. The maximum Gasteiger partial charge on any atom is 0.231 e. The van der Waals surface area contributed by atoms with Gasteiger partial charge in [-0.25, -0.2) is 0 Å². The summed E-state index contributed by atoms with van der Waals surface area (Å²) in [5, 5.41) is 0. The summed E-state index contributed by atoms with van der Waals surface area (Å²) in [7, 11) is 1.67. The fraction of sp³-hybridized carbons (Fsp3) is 0.250. The van der Waals surface area contributed by atoms with E-state index in [-0.39, 0.29) is 5.78 Å². The van der Waals surface area contributed by atoms with Gasteiger partial charge in [0.2, 0.25) is 5.78 Å². The van der Waals surface area contributed by atoms with Crippen LogP contribution in [0.15, 0.2) is 66.4 Å². The van der Waals surface area contributed by atoms with Gasteiger partial charge in [-0.1, -0.05) is 43.3 Å². The Kier molecular flexibility index (Phi) is 5.88. The molecule has 5 heteroatoms. The predicted molar refractivity (Wildman–Crippen MR) is 128 cm³/mol. The van der Waals surface area contributed by atoms with Crippen LogP contribution < -0.4 is 14.2 Å². The van der Waals surface area contributed by atoms with Crippen LogP contribution in [-0.2, 0) is 19.4 Å². The van der Waals surface area contributed by atoms with Crippen molar-refractivity contribution in [3.63, 3.8) is 0 Å². The van der Waals surface area contributed by atoms with Crippen molar-refractivity contribution >= 4 is 11.9 Å². The molecule has 0 fully saturated rings. The van der Waals surface area contributed by atoms with E-state index < -0.39 is 0 Å². The number of carbonyl (C=O) groups excluding carboxylic acids is 1. The molecule has 0 radical (unpaired) electrons. The number of aryl methyl sites for hydroxylation is 1. The summed E-state index contributed by atoms with van der Waals surface area (Å²) in [5.41, 5.74) is 5.00. The van der Waals surface area contributed by atoms with Crippen LogP contribution in [-0.4, -0.2) is 31.1 Å². The van der Waals surface area contributed by atoms with Crippen LogP contribution in [0.5, 0.6) is 17.2 Å². The van der Waals surface area contributed by atoms with Crippen molar-refractivity contribution < 1.29 is 19.0 Å². The second kappa shape index (κ2) is 9.12. The Morgan fingerprint density at radius 1 is 1.00 bits per heavy atom. The number of Topliss-reactive ketones (excluding diaryl/α,β-unsaturated/α-hetero) is 1. The summed E-state index contributed by atoms with van der Waals surface area (Å²) in [6, 6.07) is 20.0. The Bertz CT molecular complexity index is 1200. The summed E-state index contributed by atoms with van der Waals surface area (Å²) in [6.07, 6.45) is 3.70. The SMILES string of the molecule is CCc1ccc(/C=C2\Oc3c(ccc4c3CN(CCc3ccc(OC)cc3)CO4)C2=O)cc1. The summed E-state index contributed by atoms with van der Waals surface area (Å²) >= 11 is 0. The Hall–Kier alpha value is -3.57. The molecule has 0 aliphatic carbocycles. The average molecular weight is 442 g/mol. The van der Waals surface area contributed by atoms with Crippen molar-refractivity contribution in [2.45, 2.75) is 26.3 Å². The topological polar surface area (TPSA) is 48.0 Å².